The molecule has 0 aliphatic carbocycles. The molecule has 1 aromatic carbocycles. The number of likely N-dealkylation sites (tertiary alicyclic amines) is 1. The van der Waals surface area contributed by atoms with Crippen molar-refractivity contribution in [2.24, 2.45) is 11.7 Å². The summed E-state index contributed by atoms with van der Waals surface area (Å²) in [5.41, 5.74) is 7.05. The van der Waals surface area contributed by atoms with E-state index in [-0.39, 0.29) is 11.8 Å². The Bertz CT molecular complexity index is 447. The lowest BCUT2D eigenvalue weighted by Gasteiger charge is -2.37. The molecule has 0 radical (unpaired) electrons. The van der Waals surface area contributed by atoms with Crippen molar-refractivity contribution in [3.8, 4) is 0 Å². The fraction of sp³-hybridized carbons (Fsp3) is 0.588. The Kier molecular flexibility index (Phi) is 5.76. The number of hydrogen-bond acceptors (Lipinski definition) is 3. The van der Waals surface area contributed by atoms with E-state index in [1.54, 1.807) is 0 Å². The molecule has 116 valence electrons. The van der Waals surface area contributed by atoms with Crippen LogP contribution in [-0.4, -0.2) is 55.5 Å². The molecular formula is C17H27N3O. The first-order valence-electron chi connectivity index (χ1n) is 7.81. The van der Waals surface area contributed by atoms with Gasteiger partial charge in [-0.15, -0.1) is 0 Å². The Morgan fingerprint density at radius 3 is 2.71 bits per heavy atom. The number of benzene rings is 1. The lowest BCUT2D eigenvalue weighted by molar-refractivity contribution is -0.137. The molecule has 2 atom stereocenters. The minimum absolute atomic E-state index is 0.103. The summed E-state index contributed by atoms with van der Waals surface area (Å²) in [6.07, 6.45) is 2.99. The summed E-state index contributed by atoms with van der Waals surface area (Å²) < 4.78 is 0. The lowest BCUT2D eigenvalue weighted by Crippen LogP contribution is -2.50. The molecule has 0 saturated carbocycles. The van der Waals surface area contributed by atoms with Gasteiger partial charge in [-0.3, -0.25) is 4.79 Å². The third kappa shape index (κ3) is 4.29. The smallest absolute Gasteiger partial charge is 0.227 e. The first-order valence-corrected chi connectivity index (χ1v) is 7.81. The number of hydrogen-bond donors (Lipinski definition) is 1. The average Bonchev–Trinajstić information content (AvgIpc) is 2.53. The van der Waals surface area contributed by atoms with Gasteiger partial charge in [-0.1, -0.05) is 30.3 Å². The molecule has 1 aromatic rings. The third-order valence-electron chi connectivity index (χ3n) is 4.40. The SMILES string of the molecule is CN(C)C1CCCN(C(=O)C(CN)Cc2ccccc2)C1. The summed E-state index contributed by atoms with van der Waals surface area (Å²) in [5.74, 6) is 0.112. The molecule has 1 aliphatic heterocycles. The normalized spacial score (nSPS) is 20.6. The van der Waals surface area contributed by atoms with Crippen LogP contribution in [0, 0.1) is 5.92 Å². The molecule has 4 nitrogen and oxygen atoms in total. The van der Waals surface area contributed by atoms with Gasteiger partial charge in [0.05, 0.1) is 5.92 Å². The summed E-state index contributed by atoms with van der Waals surface area (Å²) >= 11 is 0. The molecule has 0 spiro atoms. The van der Waals surface area contributed by atoms with Crippen molar-refractivity contribution in [1.29, 1.82) is 0 Å². The van der Waals surface area contributed by atoms with E-state index >= 15 is 0 Å². The highest BCUT2D eigenvalue weighted by Gasteiger charge is 2.29. The number of carbonyl (C=O) groups excluding carboxylic acids is 1. The Balaban J connectivity index is 1.99. The van der Waals surface area contributed by atoms with Crippen LogP contribution in [0.15, 0.2) is 30.3 Å². The summed E-state index contributed by atoms with van der Waals surface area (Å²) in [4.78, 5) is 17.0. The highest BCUT2D eigenvalue weighted by molar-refractivity contribution is 5.79. The van der Waals surface area contributed by atoms with Gasteiger partial charge in [0.25, 0.3) is 0 Å². The second kappa shape index (κ2) is 7.57. The molecule has 2 unspecified atom stereocenters. The van der Waals surface area contributed by atoms with Crippen molar-refractivity contribution in [3.63, 3.8) is 0 Å². The first kappa shape index (κ1) is 16.0. The zero-order valence-corrected chi connectivity index (χ0v) is 13.2. The summed E-state index contributed by atoms with van der Waals surface area (Å²) in [5, 5.41) is 0. The largest absolute Gasteiger partial charge is 0.341 e. The zero-order chi connectivity index (χ0) is 15.2. The van der Waals surface area contributed by atoms with E-state index in [0.29, 0.717) is 12.6 Å². The number of rotatable bonds is 5. The fourth-order valence-electron chi connectivity index (χ4n) is 3.00. The molecule has 0 aromatic heterocycles. The van der Waals surface area contributed by atoms with Gasteiger partial charge in [0, 0.05) is 25.7 Å². The number of amides is 1. The van der Waals surface area contributed by atoms with Gasteiger partial charge in [0.15, 0.2) is 0 Å². The molecule has 1 saturated heterocycles. The summed E-state index contributed by atoms with van der Waals surface area (Å²) in [6, 6.07) is 10.6. The monoisotopic (exact) mass is 289 g/mol. The molecule has 2 N–H and O–H groups in total. The van der Waals surface area contributed by atoms with Gasteiger partial charge in [0.2, 0.25) is 5.91 Å². The number of piperidine rings is 1. The van der Waals surface area contributed by atoms with Gasteiger partial charge < -0.3 is 15.5 Å². The molecular weight excluding hydrogens is 262 g/mol. The third-order valence-corrected chi connectivity index (χ3v) is 4.40. The van der Waals surface area contributed by atoms with Crippen molar-refractivity contribution in [3.05, 3.63) is 35.9 Å². The second-order valence-electron chi connectivity index (χ2n) is 6.17. The highest BCUT2D eigenvalue weighted by atomic mass is 16.2. The van der Waals surface area contributed by atoms with Crippen molar-refractivity contribution in [2.75, 3.05) is 33.7 Å². The maximum absolute atomic E-state index is 12.7. The van der Waals surface area contributed by atoms with Crippen LogP contribution < -0.4 is 5.73 Å². The van der Waals surface area contributed by atoms with Crippen LogP contribution in [0.5, 0.6) is 0 Å². The highest BCUT2D eigenvalue weighted by Crippen LogP contribution is 2.18. The molecule has 4 heteroatoms. The number of carbonyl (C=O) groups is 1. The van der Waals surface area contributed by atoms with Crippen LogP contribution in [0.4, 0.5) is 0 Å². The number of nitrogens with zero attached hydrogens (tertiary/aromatic N) is 2. The van der Waals surface area contributed by atoms with Crippen molar-refractivity contribution < 1.29 is 4.79 Å². The Morgan fingerprint density at radius 1 is 1.38 bits per heavy atom. The van der Waals surface area contributed by atoms with Crippen LogP contribution in [0.1, 0.15) is 18.4 Å². The van der Waals surface area contributed by atoms with Crippen molar-refractivity contribution in [2.45, 2.75) is 25.3 Å². The number of nitrogens with two attached hydrogens (primary N) is 1. The Morgan fingerprint density at radius 2 is 2.10 bits per heavy atom. The number of likely N-dealkylation sites (N-methyl/N-ethyl adjacent to an activating group) is 1. The quantitative estimate of drug-likeness (QED) is 0.890. The molecule has 1 amide bonds. The standard InChI is InChI=1S/C17H27N3O/c1-19(2)16-9-6-10-20(13-16)17(21)15(12-18)11-14-7-4-3-5-8-14/h3-5,7-8,15-16H,6,9-13,18H2,1-2H3. The molecule has 21 heavy (non-hydrogen) atoms. The van der Waals surface area contributed by atoms with Crippen LogP contribution in [0.2, 0.25) is 0 Å². The van der Waals surface area contributed by atoms with E-state index < -0.39 is 0 Å². The first-order chi connectivity index (χ1) is 10.1. The van der Waals surface area contributed by atoms with Crippen LogP contribution >= 0.6 is 0 Å². The second-order valence-corrected chi connectivity index (χ2v) is 6.17. The Hall–Kier alpha value is -1.39. The Labute approximate surface area is 127 Å². The molecule has 2 rings (SSSR count). The van der Waals surface area contributed by atoms with Gasteiger partial charge >= 0.3 is 0 Å². The van der Waals surface area contributed by atoms with E-state index in [0.717, 1.165) is 25.9 Å². The molecule has 1 fully saturated rings. The molecule has 1 aliphatic rings. The van der Waals surface area contributed by atoms with Crippen molar-refractivity contribution in [1.82, 2.24) is 9.80 Å². The predicted molar refractivity (Wildman–Crippen MR) is 86.0 cm³/mol. The average molecular weight is 289 g/mol. The van der Waals surface area contributed by atoms with E-state index in [4.69, 9.17) is 5.73 Å². The van der Waals surface area contributed by atoms with Gasteiger partial charge in [-0.25, -0.2) is 0 Å². The van der Waals surface area contributed by atoms with Gasteiger partial charge in [-0.2, -0.15) is 0 Å². The topological polar surface area (TPSA) is 49.6 Å². The minimum atomic E-state index is -0.103. The maximum Gasteiger partial charge on any atom is 0.227 e. The molecule has 1 heterocycles. The van der Waals surface area contributed by atoms with Crippen LogP contribution in [0.25, 0.3) is 0 Å². The van der Waals surface area contributed by atoms with E-state index in [9.17, 15) is 4.79 Å². The fourth-order valence-corrected chi connectivity index (χ4v) is 3.00. The summed E-state index contributed by atoms with van der Waals surface area (Å²) in [7, 11) is 4.17. The minimum Gasteiger partial charge on any atom is -0.341 e. The summed E-state index contributed by atoms with van der Waals surface area (Å²) in [6.45, 7) is 2.11. The predicted octanol–water partition coefficient (Wildman–Crippen LogP) is 1.36. The van der Waals surface area contributed by atoms with Crippen LogP contribution in [0.3, 0.4) is 0 Å². The van der Waals surface area contributed by atoms with Crippen LogP contribution in [-0.2, 0) is 11.2 Å². The van der Waals surface area contributed by atoms with E-state index in [1.807, 2.05) is 23.1 Å². The molecule has 0 bridgehead atoms. The van der Waals surface area contributed by atoms with Crippen molar-refractivity contribution >= 4 is 5.91 Å². The van der Waals surface area contributed by atoms with Gasteiger partial charge in [-0.05, 0) is 38.9 Å². The maximum atomic E-state index is 12.7. The lowest BCUT2D eigenvalue weighted by atomic mass is 9.96. The van der Waals surface area contributed by atoms with E-state index in [1.165, 1.54) is 12.0 Å². The van der Waals surface area contributed by atoms with Gasteiger partial charge in [0.1, 0.15) is 0 Å². The van der Waals surface area contributed by atoms with E-state index in [2.05, 4.69) is 31.1 Å². The zero-order valence-electron chi connectivity index (χ0n) is 13.2.